The normalized spacial score (nSPS) is 45.1. The van der Waals surface area contributed by atoms with Gasteiger partial charge < -0.3 is 5.11 Å². The summed E-state index contributed by atoms with van der Waals surface area (Å²) in [5.41, 5.74) is 1.40. The highest BCUT2D eigenvalue weighted by molar-refractivity contribution is 6.01. The summed E-state index contributed by atoms with van der Waals surface area (Å²) < 4.78 is 25.3. The molecule has 1 N–H and O–H groups in total. The number of rotatable bonds is 4. The van der Waals surface area contributed by atoms with Crippen molar-refractivity contribution in [2.24, 2.45) is 34.5 Å². The van der Waals surface area contributed by atoms with Gasteiger partial charge in [-0.3, -0.25) is 9.59 Å². The summed E-state index contributed by atoms with van der Waals surface area (Å²) in [6.45, 7) is 4.53. The van der Waals surface area contributed by atoms with Crippen molar-refractivity contribution < 1.29 is 23.5 Å². The van der Waals surface area contributed by atoms with E-state index in [4.69, 9.17) is 0 Å². The second-order valence-electron chi connectivity index (χ2n) is 10.2. The van der Waals surface area contributed by atoms with Crippen LogP contribution in [0.1, 0.15) is 71.6 Å². The molecular weight excluding hydrogens is 362 g/mol. The molecule has 0 aromatic carbocycles. The summed E-state index contributed by atoms with van der Waals surface area (Å²) in [4.78, 5) is 24.1. The van der Waals surface area contributed by atoms with Gasteiger partial charge in [-0.2, -0.15) is 0 Å². The fraction of sp³-hybridized carbons (Fsp3) is 0.826. The summed E-state index contributed by atoms with van der Waals surface area (Å²) in [7, 11) is 0. The standard InChI is InChI=1S/C23H32F2O3/c1-22-9-7-14(26)11-13(22)3-4-15-16-5-6-18(19(27)12-20(28)21(24)25)23(16,2)10-8-17(15)22/h3,14-18,21,26H,4-12H2,1-2H3. The molecule has 4 rings (SSSR count). The lowest BCUT2D eigenvalue weighted by Crippen LogP contribution is -2.51. The molecule has 0 aromatic rings. The molecule has 0 amide bonds. The molecule has 7 unspecified atom stereocenters. The summed E-state index contributed by atoms with van der Waals surface area (Å²) in [6, 6.07) is 0. The molecule has 3 nitrogen and oxygen atoms in total. The van der Waals surface area contributed by atoms with Crippen LogP contribution in [0.2, 0.25) is 0 Å². The summed E-state index contributed by atoms with van der Waals surface area (Å²) in [6.07, 6.45) is 5.81. The van der Waals surface area contributed by atoms with E-state index in [1.807, 2.05) is 0 Å². The van der Waals surface area contributed by atoms with E-state index in [0.29, 0.717) is 17.8 Å². The average molecular weight is 395 g/mol. The Morgan fingerprint density at radius 1 is 1.14 bits per heavy atom. The van der Waals surface area contributed by atoms with E-state index in [0.717, 1.165) is 51.4 Å². The Labute approximate surface area is 166 Å². The van der Waals surface area contributed by atoms with Gasteiger partial charge in [0.1, 0.15) is 5.78 Å². The highest BCUT2D eigenvalue weighted by Gasteiger charge is 2.59. The first kappa shape index (κ1) is 20.2. The van der Waals surface area contributed by atoms with E-state index in [1.54, 1.807) is 0 Å². The van der Waals surface area contributed by atoms with Crippen LogP contribution in [0.15, 0.2) is 11.6 Å². The first-order valence-corrected chi connectivity index (χ1v) is 10.9. The zero-order chi connectivity index (χ0) is 20.3. The number of aliphatic hydroxyl groups is 1. The van der Waals surface area contributed by atoms with Crippen molar-refractivity contribution in [3.05, 3.63) is 11.6 Å². The monoisotopic (exact) mass is 394 g/mol. The Hall–Kier alpha value is -1.10. The molecule has 28 heavy (non-hydrogen) atoms. The number of hydrogen-bond acceptors (Lipinski definition) is 3. The zero-order valence-corrected chi connectivity index (χ0v) is 16.9. The Bertz CT molecular complexity index is 702. The average Bonchev–Trinajstić information content (AvgIpc) is 2.99. The maximum absolute atomic E-state index is 12.7. The number of alkyl halides is 2. The second-order valence-corrected chi connectivity index (χ2v) is 10.2. The lowest BCUT2D eigenvalue weighted by atomic mass is 9.47. The fourth-order valence-electron chi connectivity index (χ4n) is 7.54. The molecule has 4 aliphatic rings. The highest BCUT2D eigenvalue weighted by atomic mass is 19.3. The lowest BCUT2D eigenvalue weighted by Gasteiger charge is -2.58. The molecule has 0 heterocycles. The molecule has 5 heteroatoms. The molecular formula is C23H32F2O3. The van der Waals surface area contributed by atoms with Gasteiger partial charge >= 0.3 is 0 Å². The lowest BCUT2D eigenvalue weighted by molar-refractivity contribution is -0.138. The minimum absolute atomic E-state index is 0.150. The van der Waals surface area contributed by atoms with Gasteiger partial charge in [-0.05, 0) is 80.0 Å². The molecule has 3 fully saturated rings. The molecule has 4 aliphatic carbocycles. The smallest absolute Gasteiger partial charge is 0.296 e. The first-order chi connectivity index (χ1) is 13.2. The molecule has 0 saturated heterocycles. The van der Waals surface area contributed by atoms with E-state index in [1.165, 1.54) is 5.57 Å². The van der Waals surface area contributed by atoms with Crippen LogP contribution in [-0.4, -0.2) is 29.2 Å². The van der Waals surface area contributed by atoms with Crippen LogP contribution in [0.3, 0.4) is 0 Å². The van der Waals surface area contributed by atoms with Crippen LogP contribution in [0.25, 0.3) is 0 Å². The van der Waals surface area contributed by atoms with Gasteiger partial charge in [0.2, 0.25) is 5.78 Å². The third kappa shape index (κ3) is 3.00. The van der Waals surface area contributed by atoms with Crippen molar-refractivity contribution >= 4 is 11.6 Å². The molecule has 0 aromatic heterocycles. The number of aliphatic hydroxyl groups excluding tert-OH is 1. The predicted molar refractivity (Wildman–Crippen MR) is 102 cm³/mol. The van der Waals surface area contributed by atoms with Crippen LogP contribution in [0.5, 0.6) is 0 Å². The van der Waals surface area contributed by atoms with Gasteiger partial charge in [0, 0.05) is 5.92 Å². The molecule has 0 radical (unpaired) electrons. The third-order valence-corrected chi connectivity index (χ3v) is 9.06. The van der Waals surface area contributed by atoms with Gasteiger partial charge in [-0.15, -0.1) is 0 Å². The van der Waals surface area contributed by atoms with E-state index >= 15 is 0 Å². The summed E-state index contributed by atoms with van der Waals surface area (Å²) >= 11 is 0. The van der Waals surface area contributed by atoms with Gasteiger partial charge in [0.15, 0.2) is 0 Å². The number of fused-ring (bicyclic) bond motifs is 5. The van der Waals surface area contributed by atoms with Crippen LogP contribution >= 0.6 is 0 Å². The summed E-state index contributed by atoms with van der Waals surface area (Å²) in [5.74, 6) is -0.242. The SMILES string of the molecule is CC12CCC(O)CC1=CCC1C2CCC2(C)C(C(=O)CC(=O)C(F)F)CCC12. The van der Waals surface area contributed by atoms with E-state index in [-0.39, 0.29) is 28.6 Å². The van der Waals surface area contributed by atoms with Gasteiger partial charge in [0.05, 0.1) is 12.5 Å². The topological polar surface area (TPSA) is 54.4 Å². The van der Waals surface area contributed by atoms with Crippen molar-refractivity contribution in [1.82, 2.24) is 0 Å². The van der Waals surface area contributed by atoms with E-state index in [2.05, 4.69) is 19.9 Å². The Balaban J connectivity index is 1.55. The number of Topliss-reactive ketones (excluding diaryl/α,β-unsaturated/α-hetero) is 2. The number of carbonyl (C=O) groups is 2. The van der Waals surface area contributed by atoms with Crippen LogP contribution in [0.4, 0.5) is 8.78 Å². The molecule has 3 saturated carbocycles. The number of ketones is 2. The third-order valence-electron chi connectivity index (χ3n) is 9.06. The number of allylic oxidation sites excluding steroid dienone is 1. The van der Waals surface area contributed by atoms with Crippen molar-refractivity contribution in [3.8, 4) is 0 Å². The van der Waals surface area contributed by atoms with Crippen LogP contribution in [0, 0.1) is 34.5 Å². The Morgan fingerprint density at radius 2 is 1.89 bits per heavy atom. The van der Waals surface area contributed by atoms with E-state index < -0.39 is 18.6 Å². The van der Waals surface area contributed by atoms with Gasteiger partial charge in [-0.25, -0.2) is 8.78 Å². The maximum Gasteiger partial charge on any atom is 0.296 e. The molecule has 0 bridgehead atoms. The molecule has 156 valence electrons. The Morgan fingerprint density at radius 3 is 2.61 bits per heavy atom. The van der Waals surface area contributed by atoms with Crippen LogP contribution < -0.4 is 0 Å². The highest BCUT2D eigenvalue weighted by Crippen LogP contribution is 2.66. The van der Waals surface area contributed by atoms with Gasteiger partial charge in [-0.1, -0.05) is 25.5 Å². The zero-order valence-electron chi connectivity index (χ0n) is 16.9. The van der Waals surface area contributed by atoms with Gasteiger partial charge in [0.25, 0.3) is 6.43 Å². The number of carbonyl (C=O) groups excluding carboxylic acids is 2. The minimum Gasteiger partial charge on any atom is -0.393 e. The van der Waals surface area contributed by atoms with Crippen molar-refractivity contribution in [3.63, 3.8) is 0 Å². The van der Waals surface area contributed by atoms with Crippen molar-refractivity contribution in [2.75, 3.05) is 0 Å². The molecule has 0 spiro atoms. The fourth-order valence-corrected chi connectivity index (χ4v) is 7.54. The largest absolute Gasteiger partial charge is 0.393 e. The maximum atomic E-state index is 12.7. The number of halogens is 2. The first-order valence-electron chi connectivity index (χ1n) is 10.9. The van der Waals surface area contributed by atoms with Crippen molar-refractivity contribution in [1.29, 1.82) is 0 Å². The predicted octanol–water partition coefficient (Wildman–Crippen LogP) is 4.72. The van der Waals surface area contributed by atoms with Crippen molar-refractivity contribution in [2.45, 2.75) is 84.2 Å². The van der Waals surface area contributed by atoms with E-state index in [9.17, 15) is 23.5 Å². The Kier molecular flexibility index (Phi) is 5.05. The number of hydrogen-bond donors (Lipinski definition) is 1. The minimum atomic E-state index is -3.05. The second kappa shape index (κ2) is 7.00. The van der Waals surface area contributed by atoms with Crippen LogP contribution in [-0.2, 0) is 9.59 Å². The quantitative estimate of drug-likeness (QED) is 0.554. The summed E-state index contributed by atoms with van der Waals surface area (Å²) in [5, 5.41) is 10.1. The molecule has 0 aliphatic heterocycles. The molecule has 7 atom stereocenters.